The Morgan fingerprint density at radius 3 is 2.86 bits per heavy atom. The number of aromatic carboxylic acids is 1. The zero-order valence-electron chi connectivity index (χ0n) is 12.4. The number of carboxylic acids is 1. The number of carbonyl (C=O) groups is 2. The van der Waals surface area contributed by atoms with Crippen LogP contribution in [0.3, 0.4) is 0 Å². The molecule has 0 saturated heterocycles. The van der Waals surface area contributed by atoms with Crippen molar-refractivity contribution in [2.75, 3.05) is 6.54 Å². The first-order valence-electron chi connectivity index (χ1n) is 7.15. The zero-order chi connectivity index (χ0) is 15.5. The summed E-state index contributed by atoms with van der Waals surface area (Å²) in [5.41, 5.74) is 0.315. The van der Waals surface area contributed by atoms with Gasteiger partial charge in [0.05, 0.1) is 6.33 Å². The lowest BCUT2D eigenvalue weighted by Gasteiger charge is -2.18. The highest BCUT2D eigenvalue weighted by molar-refractivity contribution is 5.84. The van der Waals surface area contributed by atoms with E-state index in [0.717, 1.165) is 19.3 Å². The maximum Gasteiger partial charge on any atom is 0.356 e. The second-order valence-electron chi connectivity index (χ2n) is 6.31. The molecule has 1 aliphatic carbocycles. The largest absolute Gasteiger partial charge is 0.476 e. The number of carboxylic acid groups (broad SMARTS) is 1. The molecule has 7 heteroatoms. The molecule has 1 aliphatic rings. The number of amides is 2. The maximum absolute atomic E-state index is 11.8. The van der Waals surface area contributed by atoms with Crippen LogP contribution >= 0.6 is 0 Å². The molecule has 0 spiro atoms. The lowest BCUT2D eigenvalue weighted by atomic mass is 9.92. The number of hydrogen-bond acceptors (Lipinski definition) is 3. The Bertz CT molecular complexity index is 524. The van der Waals surface area contributed by atoms with Crippen LogP contribution in [0.25, 0.3) is 0 Å². The second kappa shape index (κ2) is 6.15. The van der Waals surface area contributed by atoms with Gasteiger partial charge in [-0.1, -0.05) is 13.8 Å². The van der Waals surface area contributed by atoms with E-state index in [1.54, 1.807) is 4.57 Å². The Morgan fingerprint density at radius 2 is 2.29 bits per heavy atom. The first kappa shape index (κ1) is 15.3. The molecule has 116 valence electrons. The lowest BCUT2D eigenvalue weighted by Crippen LogP contribution is -2.42. The third-order valence-corrected chi connectivity index (χ3v) is 3.81. The molecule has 2 amide bonds. The molecule has 1 atom stereocenters. The number of nitrogens with zero attached hydrogens (tertiary/aromatic N) is 2. The Morgan fingerprint density at radius 1 is 1.52 bits per heavy atom. The van der Waals surface area contributed by atoms with Gasteiger partial charge in [-0.25, -0.2) is 14.6 Å². The molecule has 1 heterocycles. The minimum atomic E-state index is -1.05. The molecule has 0 radical (unpaired) electrons. The van der Waals surface area contributed by atoms with Crippen LogP contribution in [0, 0.1) is 5.41 Å². The van der Waals surface area contributed by atoms with Gasteiger partial charge in [0.25, 0.3) is 0 Å². The van der Waals surface area contributed by atoms with Crippen molar-refractivity contribution in [3.63, 3.8) is 0 Å². The maximum atomic E-state index is 11.8. The van der Waals surface area contributed by atoms with Gasteiger partial charge in [0.15, 0.2) is 5.69 Å². The van der Waals surface area contributed by atoms with Gasteiger partial charge in [0.1, 0.15) is 0 Å². The Kier molecular flexibility index (Phi) is 4.50. The van der Waals surface area contributed by atoms with Crippen molar-refractivity contribution in [2.24, 2.45) is 5.41 Å². The Balaban J connectivity index is 1.68. The highest BCUT2D eigenvalue weighted by atomic mass is 16.4. The van der Waals surface area contributed by atoms with Gasteiger partial charge in [-0.15, -0.1) is 0 Å². The molecule has 0 bridgehead atoms. The average molecular weight is 294 g/mol. The van der Waals surface area contributed by atoms with E-state index in [0.29, 0.717) is 18.5 Å². The second-order valence-corrected chi connectivity index (χ2v) is 6.31. The van der Waals surface area contributed by atoms with Crippen molar-refractivity contribution in [1.82, 2.24) is 20.2 Å². The smallest absolute Gasteiger partial charge is 0.356 e. The summed E-state index contributed by atoms with van der Waals surface area (Å²) in [6.45, 7) is 5.35. The van der Waals surface area contributed by atoms with Gasteiger partial charge in [-0.3, -0.25) is 0 Å². The standard InChI is InChI=1S/C14H22N4O3/c1-14(2)4-3-10(7-14)17-13(21)15-5-6-18-8-11(12(19)20)16-9-18/h8-10H,3-7H2,1-2H3,(H,19,20)(H2,15,17,21). The van der Waals surface area contributed by atoms with Gasteiger partial charge in [-0.05, 0) is 24.7 Å². The summed E-state index contributed by atoms with van der Waals surface area (Å²) < 4.78 is 1.64. The number of hydrogen-bond donors (Lipinski definition) is 3. The van der Waals surface area contributed by atoms with Gasteiger partial charge in [0.2, 0.25) is 0 Å². The molecule has 1 unspecified atom stereocenters. The first-order chi connectivity index (χ1) is 9.85. The normalized spacial score (nSPS) is 20.2. The number of nitrogens with one attached hydrogen (secondary N) is 2. The fourth-order valence-electron chi connectivity index (χ4n) is 2.69. The van der Waals surface area contributed by atoms with Crippen LogP contribution in [0.1, 0.15) is 43.6 Å². The van der Waals surface area contributed by atoms with Crippen LogP contribution < -0.4 is 10.6 Å². The summed E-state index contributed by atoms with van der Waals surface area (Å²) >= 11 is 0. The quantitative estimate of drug-likeness (QED) is 0.766. The third-order valence-electron chi connectivity index (χ3n) is 3.81. The van der Waals surface area contributed by atoms with E-state index in [1.807, 2.05) is 0 Å². The van der Waals surface area contributed by atoms with Crippen LogP contribution in [0.15, 0.2) is 12.5 Å². The summed E-state index contributed by atoms with van der Waals surface area (Å²) in [5.74, 6) is -1.05. The van der Waals surface area contributed by atoms with Crippen molar-refractivity contribution in [3.8, 4) is 0 Å². The molecular formula is C14H22N4O3. The monoisotopic (exact) mass is 294 g/mol. The van der Waals surface area contributed by atoms with Crippen molar-refractivity contribution in [3.05, 3.63) is 18.2 Å². The van der Waals surface area contributed by atoms with Crippen LogP contribution in [-0.4, -0.2) is 39.2 Å². The van der Waals surface area contributed by atoms with Gasteiger partial charge < -0.3 is 20.3 Å². The molecule has 0 aliphatic heterocycles. The number of rotatable bonds is 5. The van der Waals surface area contributed by atoms with E-state index in [1.165, 1.54) is 12.5 Å². The van der Waals surface area contributed by atoms with Crippen molar-refractivity contribution in [2.45, 2.75) is 45.7 Å². The summed E-state index contributed by atoms with van der Waals surface area (Å²) in [6, 6.07) is 0.0723. The number of carbonyl (C=O) groups excluding carboxylic acids is 1. The summed E-state index contributed by atoms with van der Waals surface area (Å²) in [7, 11) is 0. The van der Waals surface area contributed by atoms with Crippen molar-refractivity contribution in [1.29, 1.82) is 0 Å². The van der Waals surface area contributed by atoms with Gasteiger partial charge in [0, 0.05) is 25.3 Å². The molecule has 1 fully saturated rings. The average Bonchev–Trinajstić information content (AvgIpc) is 2.96. The lowest BCUT2D eigenvalue weighted by molar-refractivity contribution is 0.0691. The van der Waals surface area contributed by atoms with Gasteiger partial charge >= 0.3 is 12.0 Å². The zero-order valence-corrected chi connectivity index (χ0v) is 12.4. The minimum absolute atomic E-state index is 0.00707. The van der Waals surface area contributed by atoms with E-state index in [9.17, 15) is 9.59 Å². The molecule has 0 aromatic carbocycles. The highest BCUT2D eigenvalue weighted by Gasteiger charge is 2.31. The third kappa shape index (κ3) is 4.47. The molecule has 1 aromatic heterocycles. The van der Waals surface area contributed by atoms with Crippen LogP contribution in [0.4, 0.5) is 4.79 Å². The summed E-state index contributed by atoms with van der Waals surface area (Å²) in [5, 5.41) is 14.5. The minimum Gasteiger partial charge on any atom is -0.476 e. The predicted molar refractivity (Wildman–Crippen MR) is 77.1 cm³/mol. The van der Waals surface area contributed by atoms with Crippen LogP contribution in [0.5, 0.6) is 0 Å². The van der Waals surface area contributed by atoms with Crippen molar-refractivity contribution >= 4 is 12.0 Å². The number of urea groups is 1. The summed E-state index contributed by atoms with van der Waals surface area (Å²) in [4.78, 5) is 26.2. The number of imidazole rings is 1. The van der Waals surface area contributed by atoms with Crippen LogP contribution in [-0.2, 0) is 6.54 Å². The van der Waals surface area contributed by atoms with Crippen molar-refractivity contribution < 1.29 is 14.7 Å². The molecule has 7 nitrogen and oxygen atoms in total. The fourth-order valence-corrected chi connectivity index (χ4v) is 2.69. The molecular weight excluding hydrogens is 272 g/mol. The Labute approximate surface area is 123 Å². The Hall–Kier alpha value is -2.05. The first-order valence-corrected chi connectivity index (χ1v) is 7.15. The molecule has 1 saturated carbocycles. The van der Waals surface area contributed by atoms with E-state index in [4.69, 9.17) is 5.11 Å². The summed E-state index contributed by atoms with van der Waals surface area (Å²) in [6.07, 6.45) is 6.04. The van der Waals surface area contributed by atoms with E-state index in [-0.39, 0.29) is 17.8 Å². The fraction of sp³-hybridized carbons (Fsp3) is 0.643. The van der Waals surface area contributed by atoms with Gasteiger partial charge in [-0.2, -0.15) is 0 Å². The highest BCUT2D eigenvalue weighted by Crippen LogP contribution is 2.36. The SMILES string of the molecule is CC1(C)CCC(NC(=O)NCCn2cnc(C(=O)O)c2)C1. The molecule has 2 rings (SSSR count). The predicted octanol–water partition coefficient (Wildman–Crippen LogP) is 1.46. The topological polar surface area (TPSA) is 96.3 Å². The van der Waals surface area contributed by atoms with Crippen LogP contribution in [0.2, 0.25) is 0 Å². The molecule has 1 aromatic rings. The van der Waals surface area contributed by atoms with E-state index >= 15 is 0 Å². The van der Waals surface area contributed by atoms with E-state index < -0.39 is 5.97 Å². The molecule has 21 heavy (non-hydrogen) atoms. The molecule has 3 N–H and O–H groups in total. The van der Waals surface area contributed by atoms with E-state index in [2.05, 4.69) is 29.5 Å². The number of aromatic nitrogens is 2.